The molecule has 0 radical (unpaired) electrons. The van der Waals surface area contributed by atoms with Crippen LogP contribution in [-0.2, 0) is 14.6 Å². The number of hydrogen-bond acceptors (Lipinski definition) is 5. The van der Waals surface area contributed by atoms with E-state index in [1.165, 1.54) is 0 Å². The fourth-order valence-corrected chi connectivity index (χ4v) is 4.53. The summed E-state index contributed by atoms with van der Waals surface area (Å²) in [5.74, 6) is 0.236. The first-order valence-electron chi connectivity index (χ1n) is 7.61. The lowest BCUT2D eigenvalue weighted by Crippen LogP contribution is -2.38. The monoisotopic (exact) mass is 340 g/mol. The second kappa shape index (κ2) is 7.31. The number of rotatable bonds is 6. The quantitative estimate of drug-likeness (QED) is 0.831. The van der Waals surface area contributed by atoms with Crippen molar-refractivity contribution in [2.75, 3.05) is 39.3 Å². The Morgan fingerprint density at radius 3 is 2.74 bits per heavy atom. The van der Waals surface area contributed by atoms with E-state index < -0.39 is 15.8 Å². The van der Waals surface area contributed by atoms with Gasteiger partial charge in [0.05, 0.1) is 30.6 Å². The fourth-order valence-electron chi connectivity index (χ4n) is 2.79. The van der Waals surface area contributed by atoms with Crippen molar-refractivity contribution in [1.82, 2.24) is 10.2 Å². The Balaban J connectivity index is 2.01. The molecule has 2 unspecified atom stereocenters. The number of benzene rings is 1. The molecule has 1 N–H and O–H groups in total. The minimum Gasteiger partial charge on any atom is -0.497 e. The maximum absolute atomic E-state index is 12.2. The van der Waals surface area contributed by atoms with Crippen molar-refractivity contribution in [2.45, 2.75) is 12.5 Å². The molecule has 0 aromatic heterocycles. The van der Waals surface area contributed by atoms with E-state index in [9.17, 15) is 13.2 Å². The number of carbonyl (C=O) groups is 1. The number of hydrogen-bond donors (Lipinski definition) is 1. The molecule has 1 aromatic carbocycles. The van der Waals surface area contributed by atoms with Gasteiger partial charge in [0, 0.05) is 6.54 Å². The Morgan fingerprint density at radius 1 is 1.43 bits per heavy atom. The molecule has 23 heavy (non-hydrogen) atoms. The summed E-state index contributed by atoms with van der Waals surface area (Å²) in [5, 5.41) is 2.89. The van der Waals surface area contributed by atoms with E-state index >= 15 is 0 Å². The lowest BCUT2D eigenvalue weighted by molar-refractivity contribution is -0.124. The molecule has 2 rings (SSSR count). The first-order chi connectivity index (χ1) is 10.8. The van der Waals surface area contributed by atoms with Crippen LogP contribution >= 0.6 is 0 Å². The topological polar surface area (TPSA) is 75.7 Å². The molecule has 1 aliphatic heterocycles. The molecule has 0 bridgehead atoms. The van der Waals surface area contributed by atoms with Gasteiger partial charge < -0.3 is 15.0 Å². The molecule has 0 aliphatic carbocycles. The van der Waals surface area contributed by atoms with E-state index in [0.29, 0.717) is 13.0 Å². The molecule has 1 amide bonds. The average molecular weight is 340 g/mol. The second-order valence-electron chi connectivity index (χ2n) is 6.10. The van der Waals surface area contributed by atoms with Crippen LogP contribution in [0.2, 0.25) is 0 Å². The van der Waals surface area contributed by atoms with Gasteiger partial charge in [-0.15, -0.1) is 0 Å². The molecule has 0 spiro atoms. The lowest BCUT2D eigenvalue weighted by Gasteiger charge is -2.26. The molecular formula is C16H24N2O4S. The van der Waals surface area contributed by atoms with E-state index in [2.05, 4.69) is 5.32 Å². The van der Waals surface area contributed by atoms with Gasteiger partial charge in [-0.05, 0) is 38.2 Å². The molecule has 1 heterocycles. The van der Waals surface area contributed by atoms with Gasteiger partial charge in [-0.1, -0.05) is 12.1 Å². The van der Waals surface area contributed by atoms with E-state index in [0.717, 1.165) is 11.3 Å². The maximum atomic E-state index is 12.2. The Labute approximate surface area is 137 Å². The summed E-state index contributed by atoms with van der Waals surface area (Å²) in [7, 11) is 2.45. The highest BCUT2D eigenvalue weighted by Crippen LogP contribution is 2.23. The van der Waals surface area contributed by atoms with Crippen LogP contribution in [0.4, 0.5) is 0 Å². The lowest BCUT2D eigenvalue weighted by atomic mass is 10.0. The van der Waals surface area contributed by atoms with Crippen molar-refractivity contribution in [3.05, 3.63) is 29.8 Å². The van der Waals surface area contributed by atoms with E-state index in [1.807, 2.05) is 43.3 Å². The normalized spacial score (nSPS) is 21.1. The third-order valence-electron chi connectivity index (χ3n) is 4.17. The summed E-state index contributed by atoms with van der Waals surface area (Å²) in [6.45, 7) is 0.426. The average Bonchev–Trinajstić information content (AvgIpc) is 2.87. The number of ether oxygens (including phenoxy) is 1. The van der Waals surface area contributed by atoms with Gasteiger partial charge in [-0.3, -0.25) is 4.79 Å². The molecule has 0 saturated carbocycles. The Hall–Kier alpha value is -1.60. The van der Waals surface area contributed by atoms with Crippen LogP contribution in [0.25, 0.3) is 0 Å². The number of nitrogens with zero attached hydrogens (tertiary/aromatic N) is 1. The number of amides is 1. The first kappa shape index (κ1) is 17.7. The molecule has 1 saturated heterocycles. The zero-order chi connectivity index (χ0) is 17.0. The predicted octanol–water partition coefficient (Wildman–Crippen LogP) is 0.849. The highest BCUT2D eigenvalue weighted by Gasteiger charge is 2.33. The summed E-state index contributed by atoms with van der Waals surface area (Å²) >= 11 is 0. The highest BCUT2D eigenvalue weighted by molar-refractivity contribution is 7.91. The summed E-state index contributed by atoms with van der Waals surface area (Å²) < 4.78 is 28.2. The molecule has 7 heteroatoms. The Morgan fingerprint density at radius 2 is 2.17 bits per heavy atom. The number of sulfone groups is 1. The Bertz CT molecular complexity index is 658. The van der Waals surface area contributed by atoms with Crippen molar-refractivity contribution >= 4 is 15.7 Å². The molecule has 1 fully saturated rings. The van der Waals surface area contributed by atoms with E-state index in [4.69, 9.17) is 4.74 Å². The third-order valence-corrected chi connectivity index (χ3v) is 5.94. The summed E-state index contributed by atoms with van der Waals surface area (Å²) in [4.78, 5) is 14.2. The van der Waals surface area contributed by atoms with Crippen LogP contribution in [0, 0.1) is 5.92 Å². The molecular weight excluding hydrogens is 316 g/mol. The van der Waals surface area contributed by atoms with Gasteiger partial charge in [-0.25, -0.2) is 8.42 Å². The zero-order valence-corrected chi connectivity index (χ0v) is 14.6. The fraction of sp³-hybridized carbons (Fsp3) is 0.562. The van der Waals surface area contributed by atoms with Gasteiger partial charge in [-0.2, -0.15) is 0 Å². The van der Waals surface area contributed by atoms with Crippen LogP contribution < -0.4 is 10.1 Å². The standard InChI is InChI=1S/C16H24N2O4S/c1-18(2)15(12-5-4-6-14(9-12)22-3)10-17-16(19)13-7-8-23(20,21)11-13/h4-6,9,13,15H,7-8,10-11H2,1-3H3,(H,17,19). The van der Waals surface area contributed by atoms with Gasteiger partial charge in [0.1, 0.15) is 5.75 Å². The minimum absolute atomic E-state index is 0.00735. The number of nitrogens with one attached hydrogen (secondary N) is 1. The van der Waals surface area contributed by atoms with Gasteiger partial charge in [0.2, 0.25) is 5.91 Å². The van der Waals surface area contributed by atoms with E-state index in [-0.39, 0.29) is 23.5 Å². The molecule has 1 aliphatic rings. The minimum atomic E-state index is -3.04. The summed E-state index contributed by atoms with van der Waals surface area (Å²) in [6.07, 6.45) is 0.417. The van der Waals surface area contributed by atoms with Crippen LogP contribution in [0.1, 0.15) is 18.0 Å². The third kappa shape index (κ3) is 4.68. The van der Waals surface area contributed by atoms with Crippen LogP contribution in [0.3, 0.4) is 0 Å². The van der Waals surface area contributed by atoms with Crippen molar-refractivity contribution in [1.29, 1.82) is 0 Å². The van der Waals surface area contributed by atoms with Crippen molar-refractivity contribution in [3.63, 3.8) is 0 Å². The predicted molar refractivity (Wildman–Crippen MR) is 89.2 cm³/mol. The van der Waals surface area contributed by atoms with Gasteiger partial charge in [0.25, 0.3) is 0 Å². The molecule has 1 aromatic rings. The van der Waals surface area contributed by atoms with Crippen LogP contribution in [0.15, 0.2) is 24.3 Å². The van der Waals surface area contributed by atoms with Crippen molar-refractivity contribution in [2.24, 2.45) is 5.92 Å². The Kier molecular flexibility index (Phi) is 5.64. The maximum Gasteiger partial charge on any atom is 0.224 e. The molecule has 2 atom stereocenters. The van der Waals surface area contributed by atoms with E-state index in [1.54, 1.807) is 7.11 Å². The summed E-state index contributed by atoms with van der Waals surface area (Å²) in [5.41, 5.74) is 1.04. The zero-order valence-electron chi connectivity index (χ0n) is 13.8. The van der Waals surface area contributed by atoms with Crippen molar-refractivity contribution < 1.29 is 17.9 Å². The second-order valence-corrected chi connectivity index (χ2v) is 8.33. The SMILES string of the molecule is COc1cccc(C(CNC(=O)C2CCS(=O)(=O)C2)N(C)C)c1. The summed E-state index contributed by atoms with van der Waals surface area (Å²) in [6, 6.07) is 7.71. The largest absolute Gasteiger partial charge is 0.497 e. The van der Waals surface area contributed by atoms with Crippen LogP contribution in [-0.4, -0.2) is 58.5 Å². The van der Waals surface area contributed by atoms with Crippen LogP contribution in [0.5, 0.6) is 5.75 Å². The molecule has 6 nitrogen and oxygen atoms in total. The number of likely N-dealkylation sites (N-methyl/N-ethyl adjacent to an activating group) is 1. The van der Waals surface area contributed by atoms with Gasteiger partial charge >= 0.3 is 0 Å². The highest BCUT2D eigenvalue weighted by atomic mass is 32.2. The molecule has 128 valence electrons. The van der Waals surface area contributed by atoms with Gasteiger partial charge in [0.15, 0.2) is 9.84 Å². The van der Waals surface area contributed by atoms with Crippen molar-refractivity contribution in [3.8, 4) is 5.75 Å². The number of methoxy groups -OCH3 is 1. The first-order valence-corrected chi connectivity index (χ1v) is 9.43. The number of carbonyl (C=O) groups excluding carboxylic acids is 1. The smallest absolute Gasteiger partial charge is 0.224 e.